The number of benzene rings is 2. The zero-order valence-corrected chi connectivity index (χ0v) is 16.1. The van der Waals surface area contributed by atoms with Crippen molar-refractivity contribution >= 4 is 21.6 Å². The van der Waals surface area contributed by atoms with Crippen molar-refractivity contribution in [2.75, 3.05) is 0 Å². The van der Waals surface area contributed by atoms with Gasteiger partial charge in [0.2, 0.25) is 0 Å². The average Bonchev–Trinajstić information content (AvgIpc) is 3.16. The Morgan fingerprint density at radius 2 is 1.82 bits per heavy atom. The summed E-state index contributed by atoms with van der Waals surface area (Å²) in [5.41, 5.74) is 5.70. The fourth-order valence-electron chi connectivity index (χ4n) is 3.98. The van der Waals surface area contributed by atoms with E-state index in [1.807, 2.05) is 5.38 Å². The van der Waals surface area contributed by atoms with Crippen molar-refractivity contribution < 1.29 is 4.39 Å². The Morgan fingerprint density at radius 3 is 2.64 bits per heavy atom. The van der Waals surface area contributed by atoms with E-state index >= 15 is 0 Å². The minimum absolute atomic E-state index is 0.0525. The van der Waals surface area contributed by atoms with E-state index in [2.05, 4.69) is 23.2 Å². The molecule has 5 rings (SSSR count). The van der Waals surface area contributed by atoms with Crippen LogP contribution >= 0.6 is 11.3 Å². The molecular weight excluding hydrogens is 371 g/mol. The maximum atomic E-state index is 13.2. The summed E-state index contributed by atoms with van der Waals surface area (Å²) in [5.74, 6) is -0.280. The molecule has 0 fully saturated rings. The van der Waals surface area contributed by atoms with E-state index in [1.54, 1.807) is 23.0 Å². The SMILES string of the molecule is O=c1c2c(-c3ccc4c(c3)CCCC4)csc2ncn1Cc1ccc(F)cc1. The second kappa shape index (κ2) is 6.99. The molecule has 0 unspecified atom stereocenters. The van der Waals surface area contributed by atoms with Crippen LogP contribution in [-0.4, -0.2) is 9.55 Å². The van der Waals surface area contributed by atoms with Gasteiger partial charge in [0.1, 0.15) is 10.6 Å². The van der Waals surface area contributed by atoms with Crippen molar-refractivity contribution in [2.45, 2.75) is 32.2 Å². The molecule has 4 aromatic rings. The molecule has 5 heteroatoms. The number of hydrogen-bond acceptors (Lipinski definition) is 3. The molecule has 2 heterocycles. The first-order valence-electron chi connectivity index (χ1n) is 9.52. The Bertz CT molecular complexity index is 1220. The molecule has 0 atom stereocenters. The lowest BCUT2D eigenvalue weighted by molar-refractivity contribution is 0.626. The van der Waals surface area contributed by atoms with Crippen molar-refractivity contribution in [3.63, 3.8) is 0 Å². The molecular formula is C23H19FN2OS. The predicted molar refractivity (Wildman–Crippen MR) is 111 cm³/mol. The van der Waals surface area contributed by atoms with Crippen LogP contribution < -0.4 is 5.56 Å². The molecule has 1 aliphatic rings. The van der Waals surface area contributed by atoms with E-state index in [0.717, 1.165) is 34.4 Å². The summed E-state index contributed by atoms with van der Waals surface area (Å²) >= 11 is 1.50. The minimum atomic E-state index is -0.280. The van der Waals surface area contributed by atoms with Gasteiger partial charge in [0.05, 0.1) is 18.3 Å². The van der Waals surface area contributed by atoms with Crippen LogP contribution in [0.5, 0.6) is 0 Å². The van der Waals surface area contributed by atoms with Crippen LogP contribution in [0, 0.1) is 5.82 Å². The summed E-state index contributed by atoms with van der Waals surface area (Å²) < 4.78 is 14.8. The van der Waals surface area contributed by atoms with Crippen LogP contribution in [0.4, 0.5) is 4.39 Å². The van der Waals surface area contributed by atoms with E-state index < -0.39 is 0 Å². The van der Waals surface area contributed by atoms with E-state index in [0.29, 0.717) is 11.9 Å². The molecule has 0 N–H and O–H groups in total. The van der Waals surface area contributed by atoms with Crippen molar-refractivity contribution in [2.24, 2.45) is 0 Å². The third-order valence-electron chi connectivity index (χ3n) is 5.49. The highest BCUT2D eigenvalue weighted by atomic mass is 32.1. The predicted octanol–water partition coefficient (Wildman–Crippen LogP) is 5.19. The topological polar surface area (TPSA) is 34.9 Å². The quantitative estimate of drug-likeness (QED) is 0.482. The summed E-state index contributed by atoms with van der Waals surface area (Å²) in [7, 11) is 0. The Kier molecular flexibility index (Phi) is 4.32. The summed E-state index contributed by atoms with van der Waals surface area (Å²) in [5, 5.41) is 2.71. The number of aryl methyl sites for hydroxylation is 2. The summed E-state index contributed by atoms with van der Waals surface area (Å²) in [6.45, 7) is 0.377. The highest BCUT2D eigenvalue weighted by Gasteiger charge is 2.16. The number of rotatable bonds is 3. The van der Waals surface area contributed by atoms with Gasteiger partial charge in [-0.25, -0.2) is 9.37 Å². The van der Waals surface area contributed by atoms with E-state index in [1.165, 1.54) is 47.4 Å². The largest absolute Gasteiger partial charge is 0.294 e. The van der Waals surface area contributed by atoms with Crippen LogP contribution in [0.3, 0.4) is 0 Å². The third-order valence-corrected chi connectivity index (χ3v) is 6.37. The normalized spacial score (nSPS) is 13.6. The van der Waals surface area contributed by atoms with Gasteiger partial charge in [-0.3, -0.25) is 9.36 Å². The summed E-state index contributed by atoms with van der Waals surface area (Å²) in [6.07, 6.45) is 6.32. The van der Waals surface area contributed by atoms with Gasteiger partial charge in [0.15, 0.2) is 0 Å². The second-order valence-corrected chi connectivity index (χ2v) is 8.18. The standard InChI is InChI=1S/C23H19FN2OS/c24-19-9-5-15(6-10-19)12-26-14-25-22-21(23(26)27)20(13-28-22)18-8-7-16-3-1-2-4-17(16)11-18/h5-11,13-14H,1-4,12H2. The van der Waals surface area contributed by atoms with Crippen LogP contribution in [-0.2, 0) is 19.4 Å². The van der Waals surface area contributed by atoms with Crippen LogP contribution in [0.25, 0.3) is 21.3 Å². The van der Waals surface area contributed by atoms with E-state index in [9.17, 15) is 9.18 Å². The Hall–Kier alpha value is -2.79. The fourth-order valence-corrected chi connectivity index (χ4v) is 4.89. The summed E-state index contributed by atoms with van der Waals surface area (Å²) in [6, 6.07) is 12.8. The third kappa shape index (κ3) is 3.06. The first kappa shape index (κ1) is 17.3. The maximum absolute atomic E-state index is 13.2. The molecule has 0 amide bonds. The number of thiophene rings is 1. The molecule has 0 aliphatic heterocycles. The first-order valence-corrected chi connectivity index (χ1v) is 10.4. The Morgan fingerprint density at radius 1 is 1.04 bits per heavy atom. The molecule has 2 aromatic carbocycles. The zero-order chi connectivity index (χ0) is 19.1. The molecule has 28 heavy (non-hydrogen) atoms. The van der Waals surface area contributed by atoms with E-state index in [4.69, 9.17) is 0 Å². The second-order valence-electron chi connectivity index (χ2n) is 7.32. The zero-order valence-electron chi connectivity index (χ0n) is 15.3. The Labute approximate surface area is 166 Å². The number of aromatic nitrogens is 2. The highest BCUT2D eigenvalue weighted by Crippen LogP contribution is 2.33. The van der Waals surface area contributed by atoms with Gasteiger partial charge in [-0.2, -0.15) is 0 Å². The van der Waals surface area contributed by atoms with Crippen LogP contribution in [0.1, 0.15) is 29.5 Å². The number of nitrogens with zero attached hydrogens (tertiary/aromatic N) is 2. The van der Waals surface area contributed by atoms with Gasteiger partial charge in [-0.05, 0) is 60.1 Å². The van der Waals surface area contributed by atoms with Gasteiger partial charge in [0.25, 0.3) is 5.56 Å². The van der Waals surface area contributed by atoms with Gasteiger partial charge in [0, 0.05) is 10.9 Å². The van der Waals surface area contributed by atoms with E-state index in [-0.39, 0.29) is 11.4 Å². The van der Waals surface area contributed by atoms with Crippen LogP contribution in [0.2, 0.25) is 0 Å². The molecule has 0 saturated heterocycles. The molecule has 1 aliphatic carbocycles. The smallest absolute Gasteiger partial charge is 0.263 e. The van der Waals surface area contributed by atoms with Crippen molar-refractivity contribution in [1.82, 2.24) is 9.55 Å². The molecule has 0 spiro atoms. The number of hydrogen-bond donors (Lipinski definition) is 0. The molecule has 140 valence electrons. The van der Waals surface area contributed by atoms with Crippen molar-refractivity contribution in [1.29, 1.82) is 0 Å². The lowest BCUT2D eigenvalue weighted by Crippen LogP contribution is -2.21. The monoisotopic (exact) mass is 390 g/mol. The van der Waals surface area contributed by atoms with Crippen molar-refractivity contribution in [3.8, 4) is 11.1 Å². The van der Waals surface area contributed by atoms with Gasteiger partial charge >= 0.3 is 0 Å². The van der Waals surface area contributed by atoms with Gasteiger partial charge < -0.3 is 0 Å². The lowest BCUT2D eigenvalue weighted by atomic mass is 9.89. The molecule has 0 saturated carbocycles. The van der Waals surface area contributed by atoms with Gasteiger partial charge in [-0.15, -0.1) is 11.3 Å². The highest BCUT2D eigenvalue weighted by molar-refractivity contribution is 7.17. The van der Waals surface area contributed by atoms with Crippen LogP contribution in [0.15, 0.2) is 59.0 Å². The van der Waals surface area contributed by atoms with Crippen molar-refractivity contribution in [3.05, 3.63) is 87.0 Å². The first-order chi connectivity index (χ1) is 13.7. The number of fused-ring (bicyclic) bond motifs is 2. The lowest BCUT2D eigenvalue weighted by Gasteiger charge is -2.16. The maximum Gasteiger partial charge on any atom is 0.263 e. The molecule has 3 nitrogen and oxygen atoms in total. The fraction of sp³-hybridized carbons (Fsp3) is 0.217. The molecule has 2 aromatic heterocycles. The molecule has 0 bridgehead atoms. The minimum Gasteiger partial charge on any atom is -0.294 e. The Balaban J connectivity index is 1.59. The average molecular weight is 390 g/mol. The summed E-state index contributed by atoms with van der Waals surface area (Å²) in [4.78, 5) is 18.5. The molecule has 0 radical (unpaired) electrons. The number of halogens is 1. The van der Waals surface area contributed by atoms with Gasteiger partial charge in [-0.1, -0.05) is 30.3 Å².